The zero-order valence-electron chi connectivity index (χ0n) is 5.95. The SMILES string of the molecule is [2H][C](C)C([2H])([2H])C#N. The van der Waals surface area contributed by atoms with Crippen LogP contribution in [-0.2, 0) is 0 Å². The Morgan fingerprint density at radius 2 is 3.20 bits per heavy atom. The minimum absolute atomic E-state index is 0.250. The quantitative estimate of drug-likeness (QED) is 0.454. The Kier molecular flexibility index (Phi) is 0.906. The predicted molar refractivity (Wildman–Crippen MR) is 20.2 cm³/mol. The molecule has 0 saturated carbocycles. The second-order valence-electron chi connectivity index (χ2n) is 0.487. The van der Waals surface area contributed by atoms with Crippen LogP contribution in [0, 0.1) is 17.7 Å². The van der Waals surface area contributed by atoms with Crippen LogP contribution >= 0.6 is 0 Å². The average Bonchev–Trinajstić information content (AvgIpc) is 1.67. The average molecular weight is 71.1 g/mol. The highest BCUT2D eigenvalue weighted by molar-refractivity contribution is 4.76. The van der Waals surface area contributed by atoms with Crippen molar-refractivity contribution in [1.82, 2.24) is 0 Å². The summed E-state index contributed by atoms with van der Waals surface area (Å²) in [4.78, 5) is 0. The van der Waals surface area contributed by atoms with Gasteiger partial charge in [-0.2, -0.15) is 5.26 Å². The zero-order valence-corrected chi connectivity index (χ0v) is 2.95. The van der Waals surface area contributed by atoms with Gasteiger partial charge in [0.1, 0.15) is 0 Å². The molecule has 1 nitrogen and oxygen atoms in total. The lowest BCUT2D eigenvalue weighted by atomic mass is 10.4. The summed E-state index contributed by atoms with van der Waals surface area (Å²) in [6, 6.07) is 1.35. The van der Waals surface area contributed by atoms with E-state index in [2.05, 4.69) is 0 Å². The highest BCUT2D eigenvalue weighted by Gasteiger charge is 1.66. The van der Waals surface area contributed by atoms with E-state index in [9.17, 15) is 0 Å². The summed E-state index contributed by atoms with van der Waals surface area (Å²) in [5.74, 6) is 0. The van der Waals surface area contributed by atoms with Crippen LogP contribution in [0.15, 0.2) is 0 Å². The summed E-state index contributed by atoms with van der Waals surface area (Å²) in [6.07, 6.45) is -2.32. The van der Waals surface area contributed by atoms with Gasteiger partial charge in [-0.3, -0.25) is 0 Å². The number of rotatable bonds is 1. The molecule has 0 aliphatic rings. The molecule has 0 aromatic heterocycles. The first-order valence-corrected chi connectivity index (χ1v) is 1.22. The molecule has 0 aromatic carbocycles. The number of nitriles is 1. The van der Waals surface area contributed by atoms with Gasteiger partial charge >= 0.3 is 0 Å². The van der Waals surface area contributed by atoms with Crippen LogP contribution in [0.2, 0.25) is 0 Å². The fourth-order valence-electron chi connectivity index (χ4n) is 0.0559. The zero-order chi connectivity index (χ0) is 6.78. The van der Waals surface area contributed by atoms with Crippen molar-refractivity contribution in [3.8, 4) is 6.07 Å². The molecule has 0 bridgehead atoms. The summed E-state index contributed by atoms with van der Waals surface area (Å²) in [5.41, 5.74) is 0. The minimum Gasteiger partial charge on any atom is -0.198 e. The summed E-state index contributed by atoms with van der Waals surface area (Å²) in [5, 5.41) is 8.00. The van der Waals surface area contributed by atoms with Crippen LogP contribution in [0.4, 0.5) is 0 Å². The molecule has 0 fully saturated rings. The lowest BCUT2D eigenvalue weighted by molar-refractivity contribution is 1.21. The maximum atomic E-state index is 8.00. The van der Waals surface area contributed by atoms with Crippen molar-refractivity contribution in [3.63, 3.8) is 0 Å². The van der Waals surface area contributed by atoms with Gasteiger partial charge in [-0.15, -0.1) is 0 Å². The van der Waals surface area contributed by atoms with Gasteiger partial charge in [0.25, 0.3) is 0 Å². The smallest absolute Gasteiger partial charge is 0.0624 e. The lowest BCUT2D eigenvalue weighted by Crippen LogP contribution is -1.55. The van der Waals surface area contributed by atoms with Gasteiger partial charge in [-0.05, 0) is 6.40 Å². The van der Waals surface area contributed by atoms with E-state index in [1.165, 1.54) is 13.0 Å². The third kappa shape index (κ3) is 3.49. The second kappa shape index (κ2) is 3.49. The molecule has 1 heteroatoms. The molecule has 5 heavy (non-hydrogen) atoms. The molecule has 0 saturated heterocycles. The minimum atomic E-state index is -2.07. The molecule has 0 atom stereocenters. The fraction of sp³-hybridized carbons (Fsp3) is 0.500. The molecule has 0 rings (SSSR count). The van der Waals surface area contributed by atoms with E-state index in [1.807, 2.05) is 0 Å². The molecular formula is C4H6N. The van der Waals surface area contributed by atoms with Crippen molar-refractivity contribution < 1.29 is 4.11 Å². The molecule has 0 aromatic rings. The maximum Gasteiger partial charge on any atom is 0.0624 e. The van der Waals surface area contributed by atoms with Crippen molar-refractivity contribution in [2.45, 2.75) is 13.3 Å². The molecule has 1 radical (unpaired) electrons. The van der Waals surface area contributed by atoms with Crippen LogP contribution < -0.4 is 0 Å². The molecular weight excluding hydrogens is 62.1 g/mol. The van der Waals surface area contributed by atoms with Crippen LogP contribution in [0.5, 0.6) is 0 Å². The first kappa shape index (κ1) is 1.30. The first-order valence-electron chi connectivity index (χ1n) is 2.72. The fourth-order valence-corrected chi connectivity index (χ4v) is 0.0559. The molecule has 0 aliphatic heterocycles. The largest absolute Gasteiger partial charge is 0.198 e. The topological polar surface area (TPSA) is 23.8 Å². The summed E-state index contributed by atoms with van der Waals surface area (Å²) >= 11 is 0. The van der Waals surface area contributed by atoms with Crippen molar-refractivity contribution in [2.24, 2.45) is 0 Å². The van der Waals surface area contributed by atoms with Gasteiger partial charge in [-0.1, -0.05) is 6.92 Å². The summed E-state index contributed by atoms with van der Waals surface area (Å²) < 4.78 is 20.1. The number of hydrogen-bond donors (Lipinski definition) is 0. The number of nitrogens with zero attached hydrogens (tertiary/aromatic N) is 1. The Hall–Kier alpha value is -0.510. The third-order valence-electron chi connectivity index (χ3n) is 0.181. The molecule has 0 unspecified atom stereocenters. The Balaban J connectivity index is 3.97. The Morgan fingerprint density at radius 1 is 2.60 bits per heavy atom. The lowest BCUT2D eigenvalue weighted by Gasteiger charge is -1.65. The molecule has 0 spiro atoms. The molecule has 0 heterocycles. The molecule has 27 valence electrons. The van der Waals surface area contributed by atoms with Crippen LogP contribution in [0.3, 0.4) is 0 Å². The van der Waals surface area contributed by atoms with E-state index < -0.39 is 6.37 Å². The van der Waals surface area contributed by atoms with E-state index in [-0.39, 0.29) is 6.40 Å². The van der Waals surface area contributed by atoms with Crippen molar-refractivity contribution in [1.29, 1.82) is 5.26 Å². The van der Waals surface area contributed by atoms with Gasteiger partial charge in [0.15, 0.2) is 0 Å². The van der Waals surface area contributed by atoms with Crippen molar-refractivity contribution in [2.75, 3.05) is 0 Å². The first-order chi connectivity index (χ1) is 3.50. The van der Waals surface area contributed by atoms with Crippen LogP contribution in [0.25, 0.3) is 0 Å². The number of hydrogen-bond acceptors (Lipinski definition) is 1. The van der Waals surface area contributed by atoms with Gasteiger partial charge in [0, 0.05) is 10.5 Å². The van der Waals surface area contributed by atoms with Gasteiger partial charge in [-0.25, -0.2) is 0 Å². The molecule has 0 aliphatic carbocycles. The van der Waals surface area contributed by atoms with E-state index in [4.69, 9.17) is 9.37 Å². The molecule has 0 N–H and O–H groups in total. The summed E-state index contributed by atoms with van der Waals surface area (Å²) in [6.45, 7) is 1.27. The van der Waals surface area contributed by atoms with Gasteiger partial charge < -0.3 is 0 Å². The highest BCUT2D eigenvalue weighted by atomic mass is 14.2. The Labute approximate surface area is 36.4 Å². The molecule has 0 amide bonds. The highest BCUT2D eigenvalue weighted by Crippen LogP contribution is 1.75. The van der Waals surface area contributed by atoms with Crippen molar-refractivity contribution >= 4 is 0 Å². The van der Waals surface area contributed by atoms with Gasteiger partial charge in [0.2, 0.25) is 0 Å². The monoisotopic (exact) mass is 71.1 g/mol. The van der Waals surface area contributed by atoms with E-state index in [0.717, 1.165) is 0 Å². The standard InChI is InChI=1S/C4H6N/c1-2-3-4-5/h2H,3H2,1H3/i2D,3D2. The van der Waals surface area contributed by atoms with E-state index in [1.54, 1.807) is 0 Å². The van der Waals surface area contributed by atoms with E-state index >= 15 is 0 Å². The van der Waals surface area contributed by atoms with Crippen LogP contribution in [-0.4, -0.2) is 0 Å². The van der Waals surface area contributed by atoms with E-state index in [0.29, 0.717) is 0 Å². The Morgan fingerprint density at radius 3 is 3.20 bits per heavy atom. The second-order valence-corrected chi connectivity index (χ2v) is 0.487. The maximum absolute atomic E-state index is 8.00. The van der Waals surface area contributed by atoms with Gasteiger partial charge in [0.05, 0.1) is 6.07 Å². The Bertz CT molecular complexity index is 113. The van der Waals surface area contributed by atoms with Crippen molar-refractivity contribution in [3.05, 3.63) is 6.40 Å². The summed E-state index contributed by atoms with van der Waals surface area (Å²) in [7, 11) is 0. The third-order valence-corrected chi connectivity index (χ3v) is 0.181. The van der Waals surface area contributed by atoms with Crippen LogP contribution in [0.1, 0.15) is 17.4 Å². The normalized spacial score (nSPS) is 19.0. The predicted octanol–water partition coefficient (Wildman–Crippen LogP) is 1.12.